The molecule has 1 aromatic heterocycles. The molecule has 0 radical (unpaired) electrons. The van der Waals surface area contributed by atoms with Crippen molar-refractivity contribution in [3.63, 3.8) is 0 Å². The maximum absolute atomic E-state index is 12.4. The number of nitrogens with zero attached hydrogens (tertiary/aromatic N) is 2. The number of aromatic nitrogens is 2. The van der Waals surface area contributed by atoms with E-state index in [2.05, 4.69) is 15.5 Å². The Morgan fingerprint density at radius 3 is 3.00 bits per heavy atom. The second-order valence-electron chi connectivity index (χ2n) is 5.71. The van der Waals surface area contributed by atoms with Crippen LogP contribution in [0.3, 0.4) is 0 Å². The van der Waals surface area contributed by atoms with Gasteiger partial charge in [-0.1, -0.05) is 12.5 Å². The Kier molecular flexibility index (Phi) is 4.83. The molecule has 1 fully saturated rings. The SMILES string of the molecule is NC[C@H]1CCC[C@H]1C(=O)Nc1cccc(Oc2cccnn2)c1. The molecule has 3 rings (SSSR count). The van der Waals surface area contributed by atoms with Gasteiger partial charge in [0.15, 0.2) is 0 Å². The fourth-order valence-corrected chi connectivity index (χ4v) is 3.00. The van der Waals surface area contributed by atoms with Gasteiger partial charge in [0.05, 0.1) is 0 Å². The minimum Gasteiger partial charge on any atom is -0.437 e. The summed E-state index contributed by atoms with van der Waals surface area (Å²) in [7, 11) is 0. The molecule has 23 heavy (non-hydrogen) atoms. The van der Waals surface area contributed by atoms with Crippen molar-refractivity contribution in [3.05, 3.63) is 42.6 Å². The Labute approximate surface area is 135 Å². The first-order chi connectivity index (χ1) is 11.3. The molecular weight excluding hydrogens is 292 g/mol. The van der Waals surface area contributed by atoms with E-state index in [4.69, 9.17) is 10.5 Å². The summed E-state index contributed by atoms with van der Waals surface area (Å²) in [6.45, 7) is 0.563. The number of carbonyl (C=O) groups is 1. The predicted molar refractivity (Wildman–Crippen MR) is 87.1 cm³/mol. The van der Waals surface area contributed by atoms with Gasteiger partial charge >= 0.3 is 0 Å². The lowest BCUT2D eigenvalue weighted by Crippen LogP contribution is -2.29. The number of nitrogens with one attached hydrogen (secondary N) is 1. The summed E-state index contributed by atoms with van der Waals surface area (Å²) in [4.78, 5) is 12.4. The first-order valence-electron chi connectivity index (χ1n) is 7.83. The van der Waals surface area contributed by atoms with Crippen LogP contribution < -0.4 is 15.8 Å². The third-order valence-electron chi connectivity index (χ3n) is 4.17. The molecule has 1 aliphatic rings. The van der Waals surface area contributed by atoms with Crippen LogP contribution in [-0.4, -0.2) is 22.6 Å². The van der Waals surface area contributed by atoms with Crippen LogP contribution in [0.25, 0.3) is 0 Å². The Hall–Kier alpha value is -2.47. The molecule has 2 aromatic rings. The highest BCUT2D eigenvalue weighted by Crippen LogP contribution is 2.32. The number of carbonyl (C=O) groups excluding carboxylic acids is 1. The van der Waals surface area contributed by atoms with Crippen LogP contribution in [0.4, 0.5) is 5.69 Å². The monoisotopic (exact) mass is 312 g/mol. The van der Waals surface area contributed by atoms with E-state index in [1.807, 2.05) is 18.2 Å². The smallest absolute Gasteiger partial charge is 0.238 e. The average Bonchev–Trinajstić information content (AvgIpc) is 3.05. The van der Waals surface area contributed by atoms with E-state index in [-0.39, 0.29) is 17.7 Å². The number of benzene rings is 1. The van der Waals surface area contributed by atoms with Gasteiger partial charge in [-0.2, -0.15) is 5.10 Å². The number of hydrogen-bond donors (Lipinski definition) is 2. The normalized spacial score (nSPS) is 20.2. The van der Waals surface area contributed by atoms with Gasteiger partial charge in [0.1, 0.15) is 5.75 Å². The molecule has 1 aromatic carbocycles. The third kappa shape index (κ3) is 3.84. The molecule has 1 aliphatic carbocycles. The highest BCUT2D eigenvalue weighted by molar-refractivity contribution is 5.93. The van der Waals surface area contributed by atoms with Gasteiger partial charge in [-0.05, 0) is 43.5 Å². The molecule has 6 heteroatoms. The quantitative estimate of drug-likeness (QED) is 0.885. The molecule has 6 nitrogen and oxygen atoms in total. The van der Waals surface area contributed by atoms with Crippen LogP contribution in [0.5, 0.6) is 11.6 Å². The van der Waals surface area contributed by atoms with Crippen molar-refractivity contribution >= 4 is 11.6 Å². The number of nitrogens with two attached hydrogens (primary N) is 1. The lowest BCUT2D eigenvalue weighted by Gasteiger charge is -2.17. The van der Waals surface area contributed by atoms with Crippen LogP contribution in [0.1, 0.15) is 19.3 Å². The lowest BCUT2D eigenvalue weighted by molar-refractivity contribution is -0.120. The Morgan fingerprint density at radius 2 is 2.22 bits per heavy atom. The summed E-state index contributed by atoms with van der Waals surface area (Å²) in [5.74, 6) is 1.34. The molecule has 1 amide bonds. The van der Waals surface area contributed by atoms with E-state index in [1.54, 1.807) is 24.4 Å². The zero-order valence-electron chi connectivity index (χ0n) is 12.8. The number of amides is 1. The van der Waals surface area contributed by atoms with Gasteiger partial charge in [-0.3, -0.25) is 4.79 Å². The highest BCUT2D eigenvalue weighted by Gasteiger charge is 2.31. The maximum Gasteiger partial charge on any atom is 0.238 e. The zero-order valence-corrected chi connectivity index (χ0v) is 12.8. The van der Waals surface area contributed by atoms with Crippen molar-refractivity contribution in [1.29, 1.82) is 0 Å². The Morgan fingerprint density at radius 1 is 1.30 bits per heavy atom. The number of hydrogen-bond acceptors (Lipinski definition) is 5. The molecule has 0 saturated heterocycles. The number of ether oxygens (including phenoxy) is 1. The minimum absolute atomic E-state index is 0.00423. The van der Waals surface area contributed by atoms with Crippen molar-refractivity contribution < 1.29 is 9.53 Å². The predicted octanol–water partition coefficient (Wildman–Crippen LogP) is 2.58. The van der Waals surface area contributed by atoms with Crippen molar-refractivity contribution in [2.75, 3.05) is 11.9 Å². The maximum atomic E-state index is 12.4. The fraction of sp³-hybridized carbons (Fsp3) is 0.353. The van der Waals surface area contributed by atoms with Gasteiger partial charge in [0.25, 0.3) is 0 Å². The van der Waals surface area contributed by atoms with Crippen molar-refractivity contribution in [3.8, 4) is 11.6 Å². The topological polar surface area (TPSA) is 90.1 Å². The van der Waals surface area contributed by atoms with Crippen LogP contribution >= 0.6 is 0 Å². The van der Waals surface area contributed by atoms with E-state index in [0.717, 1.165) is 19.3 Å². The largest absolute Gasteiger partial charge is 0.437 e. The summed E-state index contributed by atoms with van der Waals surface area (Å²) >= 11 is 0. The van der Waals surface area contributed by atoms with Gasteiger partial charge in [0.2, 0.25) is 11.8 Å². The summed E-state index contributed by atoms with van der Waals surface area (Å²) in [6.07, 6.45) is 4.59. The molecule has 3 N–H and O–H groups in total. The van der Waals surface area contributed by atoms with Crippen LogP contribution in [-0.2, 0) is 4.79 Å². The second-order valence-corrected chi connectivity index (χ2v) is 5.71. The molecule has 2 atom stereocenters. The fourth-order valence-electron chi connectivity index (χ4n) is 3.00. The summed E-state index contributed by atoms with van der Waals surface area (Å²) in [5.41, 5.74) is 6.46. The van der Waals surface area contributed by atoms with Crippen molar-refractivity contribution in [1.82, 2.24) is 10.2 Å². The molecule has 1 saturated carbocycles. The summed E-state index contributed by atoms with van der Waals surface area (Å²) < 4.78 is 5.62. The lowest BCUT2D eigenvalue weighted by atomic mass is 9.95. The Bertz CT molecular complexity index is 663. The molecular formula is C17H20N4O2. The van der Waals surface area contributed by atoms with Crippen molar-refractivity contribution in [2.45, 2.75) is 19.3 Å². The first kappa shape index (κ1) is 15.4. The zero-order chi connectivity index (χ0) is 16.1. The molecule has 0 spiro atoms. The average molecular weight is 312 g/mol. The van der Waals surface area contributed by atoms with Crippen LogP contribution in [0.15, 0.2) is 42.6 Å². The van der Waals surface area contributed by atoms with Gasteiger partial charge < -0.3 is 15.8 Å². The van der Waals surface area contributed by atoms with Crippen LogP contribution in [0, 0.1) is 11.8 Å². The standard InChI is InChI=1S/C17H20N4O2/c18-11-12-4-1-7-15(12)17(22)20-13-5-2-6-14(10-13)23-16-8-3-9-19-21-16/h2-3,5-6,8-10,12,15H,1,4,7,11,18H2,(H,20,22)/t12-,15-/m1/s1. The number of anilines is 1. The van der Waals surface area contributed by atoms with E-state index >= 15 is 0 Å². The Balaban J connectivity index is 1.66. The second kappa shape index (κ2) is 7.19. The first-order valence-corrected chi connectivity index (χ1v) is 7.83. The van der Waals surface area contributed by atoms with Gasteiger partial charge in [0, 0.05) is 29.9 Å². The molecule has 0 aliphatic heterocycles. The van der Waals surface area contributed by atoms with Crippen molar-refractivity contribution in [2.24, 2.45) is 17.6 Å². The van der Waals surface area contributed by atoms with E-state index in [9.17, 15) is 4.79 Å². The molecule has 120 valence electrons. The van der Waals surface area contributed by atoms with E-state index in [1.165, 1.54) is 0 Å². The van der Waals surface area contributed by atoms with Crippen LogP contribution in [0.2, 0.25) is 0 Å². The minimum atomic E-state index is 0.00423. The molecule has 0 bridgehead atoms. The molecule has 1 heterocycles. The van der Waals surface area contributed by atoms with E-state index < -0.39 is 0 Å². The van der Waals surface area contributed by atoms with E-state index in [0.29, 0.717) is 23.9 Å². The van der Waals surface area contributed by atoms with Gasteiger partial charge in [-0.15, -0.1) is 5.10 Å². The summed E-state index contributed by atoms with van der Waals surface area (Å²) in [6, 6.07) is 10.7. The third-order valence-corrected chi connectivity index (χ3v) is 4.17. The van der Waals surface area contributed by atoms with Gasteiger partial charge in [-0.25, -0.2) is 0 Å². The number of rotatable bonds is 5. The molecule has 0 unspecified atom stereocenters. The highest BCUT2D eigenvalue weighted by atomic mass is 16.5. The summed E-state index contributed by atoms with van der Waals surface area (Å²) in [5, 5.41) is 10.6.